The summed E-state index contributed by atoms with van der Waals surface area (Å²) in [6, 6.07) is 8.76. The molecule has 4 nitrogen and oxygen atoms in total. The van der Waals surface area contributed by atoms with E-state index in [4.69, 9.17) is 23.2 Å². The maximum atomic E-state index is 11.6. The van der Waals surface area contributed by atoms with Gasteiger partial charge in [-0.3, -0.25) is 4.79 Å². The Balaban J connectivity index is 2.04. The molecule has 2 rings (SSSR count). The Kier molecular flexibility index (Phi) is 5.41. The number of nitrogens with zero attached hydrogens (tertiary/aromatic N) is 1. The first kappa shape index (κ1) is 16.3. The summed E-state index contributed by atoms with van der Waals surface area (Å²) in [5.74, 6) is 0.464. The highest BCUT2D eigenvalue weighted by Gasteiger charge is 2.02. The van der Waals surface area contributed by atoms with Gasteiger partial charge in [0.25, 0.3) is 0 Å². The first-order valence-corrected chi connectivity index (χ1v) is 7.33. The van der Waals surface area contributed by atoms with Crippen LogP contribution in [0.2, 0.25) is 10.0 Å². The molecule has 0 aliphatic heterocycles. The summed E-state index contributed by atoms with van der Waals surface area (Å²) >= 11 is 11.8. The lowest BCUT2D eigenvalue weighted by Gasteiger charge is -2.08. The second-order valence-electron chi connectivity index (χ2n) is 4.90. The molecule has 1 aromatic heterocycles. The molecule has 6 heteroatoms. The maximum absolute atomic E-state index is 11.6. The zero-order valence-corrected chi connectivity index (χ0v) is 13.7. The average molecular weight is 336 g/mol. The summed E-state index contributed by atoms with van der Waals surface area (Å²) in [6.07, 6.45) is 3.11. The van der Waals surface area contributed by atoms with Crippen LogP contribution in [-0.2, 0) is 4.79 Å². The summed E-state index contributed by atoms with van der Waals surface area (Å²) in [5, 5.41) is 6.81. The summed E-state index contributed by atoms with van der Waals surface area (Å²) < 4.78 is 0. The van der Waals surface area contributed by atoms with E-state index in [-0.39, 0.29) is 5.91 Å². The lowest BCUT2D eigenvalue weighted by atomic mass is 10.3. The Morgan fingerprint density at radius 2 is 1.82 bits per heavy atom. The molecule has 0 unspecified atom stereocenters. The molecule has 0 saturated carbocycles. The van der Waals surface area contributed by atoms with E-state index in [1.807, 2.05) is 13.8 Å². The van der Waals surface area contributed by atoms with Crippen molar-refractivity contribution in [3.63, 3.8) is 0 Å². The molecule has 0 fully saturated rings. The normalized spacial score (nSPS) is 10.0. The molecule has 2 N–H and O–H groups in total. The fourth-order valence-electron chi connectivity index (χ4n) is 1.70. The van der Waals surface area contributed by atoms with Crippen LogP contribution in [0.5, 0.6) is 0 Å². The van der Waals surface area contributed by atoms with Crippen molar-refractivity contribution in [1.82, 2.24) is 4.98 Å². The largest absolute Gasteiger partial charge is 0.340 e. The van der Waals surface area contributed by atoms with E-state index in [0.29, 0.717) is 21.6 Å². The molecule has 22 heavy (non-hydrogen) atoms. The zero-order chi connectivity index (χ0) is 16.1. The van der Waals surface area contributed by atoms with Gasteiger partial charge in [0, 0.05) is 11.8 Å². The van der Waals surface area contributed by atoms with E-state index in [1.54, 1.807) is 36.5 Å². The van der Waals surface area contributed by atoms with Crippen LogP contribution in [0.15, 0.2) is 48.2 Å². The predicted octanol–water partition coefficient (Wildman–Crippen LogP) is 5.04. The van der Waals surface area contributed by atoms with Gasteiger partial charge < -0.3 is 10.6 Å². The molecule has 0 saturated heterocycles. The number of nitrogens with one attached hydrogen (secondary N) is 2. The van der Waals surface area contributed by atoms with Gasteiger partial charge in [-0.2, -0.15) is 0 Å². The molecule has 0 aliphatic rings. The fraction of sp³-hybridized carbons (Fsp3) is 0.125. The minimum Gasteiger partial charge on any atom is -0.340 e. The average Bonchev–Trinajstić information content (AvgIpc) is 2.44. The van der Waals surface area contributed by atoms with Crippen molar-refractivity contribution < 1.29 is 4.79 Å². The standard InChI is InChI=1S/C16H15Cl2N3O/c1-10(2)7-16(22)21-12-4-6-15(19-9-12)20-11-3-5-13(17)14(18)8-11/h3-9H,1-2H3,(H,19,20)(H,21,22). The van der Waals surface area contributed by atoms with Gasteiger partial charge in [-0.25, -0.2) is 4.98 Å². The SMILES string of the molecule is CC(C)=CC(=O)Nc1ccc(Nc2ccc(Cl)c(Cl)c2)nc1. The molecule has 114 valence electrons. The van der Waals surface area contributed by atoms with Crippen LogP contribution in [0.3, 0.4) is 0 Å². The number of carbonyl (C=O) groups excluding carboxylic acids is 1. The van der Waals surface area contributed by atoms with Crippen molar-refractivity contribution in [3.8, 4) is 0 Å². The van der Waals surface area contributed by atoms with Crippen molar-refractivity contribution >= 4 is 46.3 Å². The van der Waals surface area contributed by atoms with Gasteiger partial charge >= 0.3 is 0 Å². The number of allylic oxidation sites excluding steroid dienone is 1. The Bertz CT molecular complexity index is 708. The summed E-state index contributed by atoms with van der Waals surface area (Å²) in [6.45, 7) is 3.73. The minimum absolute atomic E-state index is 0.174. The lowest BCUT2D eigenvalue weighted by Crippen LogP contribution is -2.08. The van der Waals surface area contributed by atoms with Crippen LogP contribution in [0, 0.1) is 0 Å². The maximum Gasteiger partial charge on any atom is 0.248 e. The van der Waals surface area contributed by atoms with E-state index in [1.165, 1.54) is 6.08 Å². The monoisotopic (exact) mass is 335 g/mol. The molecular formula is C16H15Cl2N3O. The number of hydrogen-bond acceptors (Lipinski definition) is 3. The Morgan fingerprint density at radius 1 is 1.09 bits per heavy atom. The number of anilines is 3. The number of pyridine rings is 1. The highest BCUT2D eigenvalue weighted by atomic mass is 35.5. The third-order valence-electron chi connectivity index (χ3n) is 2.64. The molecule has 1 heterocycles. The number of aromatic nitrogens is 1. The Morgan fingerprint density at radius 3 is 2.41 bits per heavy atom. The highest BCUT2D eigenvalue weighted by Crippen LogP contribution is 2.26. The number of amides is 1. The lowest BCUT2D eigenvalue weighted by molar-refractivity contribution is -0.111. The van der Waals surface area contributed by atoms with E-state index < -0.39 is 0 Å². The van der Waals surface area contributed by atoms with E-state index in [0.717, 1.165) is 11.3 Å². The number of halogens is 2. The molecule has 0 atom stereocenters. The van der Waals surface area contributed by atoms with E-state index in [9.17, 15) is 4.79 Å². The van der Waals surface area contributed by atoms with Crippen molar-refractivity contribution in [1.29, 1.82) is 0 Å². The molecule has 0 bridgehead atoms. The number of carbonyl (C=O) groups is 1. The summed E-state index contributed by atoms with van der Waals surface area (Å²) in [7, 11) is 0. The number of benzene rings is 1. The third kappa shape index (κ3) is 4.76. The molecule has 0 spiro atoms. The van der Waals surface area contributed by atoms with Gasteiger partial charge in [-0.1, -0.05) is 28.8 Å². The number of rotatable bonds is 4. The van der Waals surface area contributed by atoms with Crippen LogP contribution in [-0.4, -0.2) is 10.9 Å². The van der Waals surface area contributed by atoms with Gasteiger partial charge in [0.15, 0.2) is 0 Å². The van der Waals surface area contributed by atoms with Crippen LogP contribution in [0.4, 0.5) is 17.2 Å². The molecule has 2 aromatic rings. The van der Waals surface area contributed by atoms with Crippen LogP contribution in [0.1, 0.15) is 13.8 Å². The fourth-order valence-corrected chi connectivity index (χ4v) is 2.00. The van der Waals surface area contributed by atoms with E-state index >= 15 is 0 Å². The van der Waals surface area contributed by atoms with Gasteiger partial charge in [0.1, 0.15) is 5.82 Å². The Labute approximate surface area is 139 Å². The van der Waals surface area contributed by atoms with E-state index in [2.05, 4.69) is 15.6 Å². The second kappa shape index (κ2) is 7.29. The van der Waals surface area contributed by atoms with Gasteiger partial charge in [-0.05, 0) is 44.2 Å². The summed E-state index contributed by atoms with van der Waals surface area (Å²) in [5.41, 5.74) is 2.34. The van der Waals surface area contributed by atoms with Gasteiger partial charge in [0.2, 0.25) is 5.91 Å². The van der Waals surface area contributed by atoms with Crippen LogP contribution >= 0.6 is 23.2 Å². The van der Waals surface area contributed by atoms with Crippen LogP contribution < -0.4 is 10.6 Å². The number of hydrogen-bond donors (Lipinski definition) is 2. The molecular weight excluding hydrogens is 321 g/mol. The van der Waals surface area contributed by atoms with Crippen LogP contribution in [0.25, 0.3) is 0 Å². The van der Waals surface area contributed by atoms with Crippen molar-refractivity contribution in [2.24, 2.45) is 0 Å². The smallest absolute Gasteiger partial charge is 0.248 e. The topological polar surface area (TPSA) is 54.0 Å². The molecule has 1 amide bonds. The van der Waals surface area contributed by atoms with Gasteiger partial charge in [0.05, 0.1) is 21.9 Å². The highest BCUT2D eigenvalue weighted by molar-refractivity contribution is 6.42. The quantitative estimate of drug-likeness (QED) is 0.770. The molecule has 0 aliphatic carbocycles. The third-order valence-corrected chi connectivity index (χ3v) is 3.38. The van der Waals surface area contributed by atoms with Crippen molar-refractivity contribution in [3.05, 3.63) is 58.2 Å². The predicted molar refractivity (Wildman–Crippen MR) is 92.0 cm³/mol. The molecule has 0 radical (unpaired) electrons. The van der Waals surface area contributed by atoms with Crippen molar-refractivity contribution in [2.75, 3.05) is 10.6 Å². The first-order chi connectivity index (χ1) is 10.4. The first-order valence-electron chi connectivity index (χ1n) is 6.58. The zero-order valence-electron chi connectivity index (χ0n) is 12.2. The Hall–Kier alpha value is -2.04. The summed E-state index contributed by atoms with van der Waals surface area (Å²) in [4.78, 5) is 15.8. The minimum atomic E-state index is -0.174. The van der Waals surface area contributed by atoms with Gasteiger partial charge in [-0.15, -0.1) is 0 Å². The van der Waals surface area contributed by atoms with Crippen molar-refractivity contribution in [2.45, 2.75) is 13.8 Å². The molecule has 1 aromatic carbocycles. The second-order valence-corrected chi connectivity index (χ2v) is 5.71.